The van der Waals surface area contributed by atoms with Crippen molar-refractivity contribution < 1.29 is 27.6 Å². The molecule has 0 unspecified atom stereocenters. The molecule has 0 bridgehead atoms. The summed E-state index contributed by atoms with van der Waals surface area (Å²) in [5, 5.41) is 2.80. The first-order valence-electron chi connectivity index (χ1n) is 10.6. The van der Waals surface area contributed by atoms with Crippen LogP contribution >= 0.6 is 0 Å². The van der Waals surface area contributed by atoms with Gasteiger partial charge in [-0.15, -0.1) is 0 Å². The summed E-state index contributed by atoms with van der Waals surface area (Å²) >= 11 is 0. The molecular weight excluding hydrogens is 461 g/mol. The maximum Gasteiger partial charge on any atom is 0.449 e. The second kappa shape index (κ2) is 8.39. The molecule has 0 saturated carbocycles. The molecular formula is C25H17F3N4O3. The number of halogens is 3. The quantitative estimate of drug-likeness (QED) is 0.423. The summed E-state index contributed by atoms with van der Waals surface area (Å²) in [5.41, 5.74) is 1.91. The second-order valence-corrected chi connectivity index (χ2v) is 8.01. The van der Waals surface area contributed by atoms with Crippen LogP contribution in [0.25, 0.3) is 11.0 Å². The molecule has 0 aliphatic carbocycles. The van der Waals surface area contributed by atoms with Gasteiger partial charge in [0.25, 0.3) is 11.8 Å². The fourth-order valence-corrected chi connectivity index (χ4v) is 4.08. The van der Waals surface area contributed by atoms with Crippen LogP contribution in [0.2, 0.25) is 0 Å². The van der Waals surface area contributed by atoms with Crippen LogP contribution < -0.4 is 5.32 Å². The minimum absolute atomic E-state index is 0.130. The lowest BCUT2D eigenvalue weighted by atomic mass is 9.98. The zero-order chi connectivity index (χ0) is 24.7. The summed E-state index contributed by atoms with van der Waals surface area (Å²) in [4.78, 5) is 44.9. The van der Waals surface area contributed by atoms with Crippen molar-refractivity contribution in [3.05, 3.63) is 101 Å². The standard InChI is InChI=1S/C25H17F3N4O3/c26-25(27,28)24-29-18-11-10-15(12-19(18)30-24)21(14-6-2-1-3-7-14)31-20(33)13-32-22(34)16-8-4-5-9-17(16)23(32)35/h1-12,21H,13H2,(H,29,30)(H,31,33)/t21-/m1/s1. The number of hydrogen-bond donors (Lipinski definition) is 2. The normalized spacial score (nSPS) is 14.3. The number of alkyl halides is 3. The third-order valence-electron chi connectivity index (χ3n) is 5.73. The van der Waals surface area contributed by atoms with Crippen LogP contribution in [0, 0.1) is 0 Å². The number of carbonyl (C=O) groups is 3. The predicted octanol–water partition coefficient (Wildman–Crippen LogP) is 4.08. The number of nitrogens with one attached hydrogen (secondary N) is 2. The summed E-state index contributed by atoms with van der Waals surface area (Å²) in [7, 11) is 0. The van der Waals surface area contributed by atoms with E-state index in [1.165, 1.54) is 24.3 Å². The van der Waals surface area contributed by atoms with Gasteiger partial charge in [-0.1, -0.05) is 48.5 Å². The Balaban J connectivity index is 1.43. The molecule has 1 aliphatic rings. The Morgan fingerprint density at radius 1 is 0.914 bits per heavy atom. The number of imidazole rings is 1. The molecule has 176 valence electrons. The maximum absolute atomic E-state index is 13.1. The van der Waals surface area contributed by atoms with Gasteiger partial charge in [-0.25, -0.2) is 4.98 Å². The van der Waals surface area contributed by atoms with E-state index in [1.54, 1.807) is 48.5 Å². The Labute approximate surface area is 196 Å². The Morgan fingerprint density at radius 2 is 1.54 bits per heavy atom. The number of benzene rings is 3. The van der Waals surface area contributed by atoms with Crippen LogP contribution in [0.1, 0.15) is 43.7 Å². The average molecular weight is 478 g/mol. The van der Waals surface area contributed by atoms with E-state index in [-0.39, 0.29) is 22.2 Å². The number of nitrogens with zero attached hydrogens (tertiary/aromatic N) is 2. The van der Waals surface area contributed by atoms with Gasteiger partial charge < -0.3 is 10.3 Å². The lowest BCUT2D eigenvalue weighted by molar-refractivity contribution is -0.144. The largest absolute Gasteiger partial charge is 0.449 e. The van der Waals surface area contributed by atoms with Crippen molar-refractivity contribution in [2.45, 2.75) is 12.2 Å². The highest BCUT2D eigenvalue weighted by Crippen LogP contribution is 2.31. The number of carbonyl (C=O) groups excluding carboxylic acids is 3. The second-order valence-electron chi connectivity index (χ2n) is 8.01. The fourth-order valence-electron chi connectivity index (χ4n) is 4.08. The van der Waals surface area contributed by atoms with Crippen LogP contribution in [0.5, 0.6) is 0 Å². The van der Waals surface area contributed by atoms with Crippen molar-refractivity contribution in [1.82, 2.24) is 20.2 Å². The highest BCUT2D eigenvalue weighted by molar-refractivity contribution is 6.22. The lowest BCUT2D eigenvalue weighted by Crippen LogP contribution is -2.41. The van der Waals surface area contributed by atoms with Crippen molar-refractivity contribution in [2.75, 3.05) is 6.54 Å². The SMILES string of the molecule is O=C(CN1C(=O)c2ccccc2C1=O)N[C@H](c1ccccc1)c1ccc2nc(C(F)(F)F)[nH]c2c1. The van der Waals surface area contributed by atoms with Crippen molar-refractivity contribution in [1.29, 1.82) is 0 Å². The Kier molecular flexibility index (Phi) is 5.35. The minimum atomic E-state index is -4.63. The van der Waals surface area contributed by atoms with Gasteiger partial charge in [0.05, 0.1) is 28.2 Å². The van der Waals surface area contributed by atoms with Crippen LogP contribution in [0.15, 0.2) is 72.8 Å². The molecule has 0 radical (unpaired) electrons. The van der Waals surface area contributed by atoms with E-state index in [4.69, 9.17) is 0 Å². The van der Waals surface area contributed by atoms with E-state index in [0.29, 0.717) is 11.1 Å². The first kappa shape index (κ1) is 22.3. The van der Waals surface area contributed by atoms with Gasteiger partial charge >= 0.3 is 6.18 Å². The molecule has 5 rings (SSSR count). The monoisotopic (exact) mass is 478 g/mol. The van der Waals surface area contributed by atoms with Crippen LogP contribution in [0.3, 0.4) is 0 Å². The Hall–Kier alpha value is -4.47. The fraction of sp³-hybridized carbons (Fsp3) is 0.120. The number of fused-ring (bicyclic) bond motifs is 2. The van der Waals surface area contributed by atoms with Crippen molar-refractivity contribution >= 4 is 28.8 Å². The van der Waals surface area contributed by atoms with Gasteiger partial charge in [-0.3, -0.25) is 19.3 Å². The molecule has 3 amide bonds. The van der Waals surface area contributed by atoms with Gasteiger partial charge in [0.15, 0.2) is 0 Å². The smallest absolute Gasteiger partial charge is 0.344 e. The van der Waals surface area contributed by atoms with Gasteiger partial charge in [-0.2, -0.15) is 13.2 Å². The zero-order valence-electron chi connectivity index (χ0n) is 18.0. The summed E-state index contributed by atoms with van der Waals surface area (Å²) in [6, 6.07) is 18.9. The van der Waals surface area contributed by atoms with E-state index < -0.39 is 42.3 Å². The molecule has 0 saturated heterocycles. The molecule has 10 heteroatoms. The van der Waals surface area contributed by atoms with Crippen molar-refractivity contribution in [3.63, 3.8) is 0 Å². The number of H-pyrrole nitrogens is 1. The molecule has 2 N–H and O–H groups in total. The average Bonchev–Trinajstić information content (AvgIpc) is 3.38. The first-order chi connectivity index (χ1) is 16.7. The molecule has 1 aliphatic heterocycles. The zero-order valence-corrected chi connectivity index (χ0v) is 18.0. The van der Waals surface area contributed by atoms with E-state index in [0.717, 1.165) is 4.90 Å². The number of imide groups is 1. The van der Waals surface area contributed by atoms with Gasteiger partial charge in [0.1, 0.15) is 6.54 Å². The van der Waals surface area contributed by atoms with E-state index in [1.807, 2.05) is 0 Å². The topological polar surface area (TPSA) is 95.2 Å². The first-order valence-corrected chi connectivity index (χ1v) is 10.6. The molecule has 0 spiro atoms. The Morgan fingerprint density at radius 3 is 2.17 bits per heavy atom. The molecule has 4 aromatic rings. The molecule has 3 aromatic carbocycles. The van der Waals surface area contributed by atoms with Crippen molar-refractivity contribution in [2.24, 2.45) is 0 Å². The summed E-state index contributed by atoms with van der Waals surface area (Å²) < 4.78 is 39.2. The van der Waals surface area contributed by atoms with Gasteiger partial charge in [0, 0.05) is 0 Å². The maximum atomic E-state index is 13.1. The van der Waals surface area contributed by atoms with Crippen LogP contribution in [-0.4, -0.2) is 39.1 Å². The molecule has 2 heterocycles. The molecule has 1 aromatic heterocycles. The molecule has 0 fully saturated rings. The number of aromatic amines is 1. The highest BCUT2D eigenvalue weighted by atomic mass is 19.4. The predicted molar refractivity (Wildman–Crippen MR) is 119 cm³/mol. The minimum Gasteiger partial charge on any atom is -0.344 e. The summed E-state index contributed by atoms with van der Waals surface area (Å²) in [6.45, 7) is -0.500. The van der Waals surface area contributed by atoms with E-state index in [2.05, 4.69) is 15.3 Å². The molecule has 7 nitrogen and oxygen atoms in total. The van der Waals surface area contributed by atoms with Crippen LogP contribution in [-0.2, 0) is 11.0 Å². The summed E-state index contributed by atoms with van der Waals surface area (Å²) in [6.07, 6.45) is -4.63. The van der Waals surface area contributed by atoms with Gasteiger partial charge in [-0.05, 0) is 35.4 Å². The third kappa shape index (κ3) is 4.14. The third-order valence-corrected chi connectivity index (χ3v) is 5.73. The number of hydrogen-bond acceptors (Lipinski definition) is 4. The Bertz CT molecular complexity index is 1430. The lowest BCUT2D eigenvalue weighted by Gasteiger charge is -2.22. The number of rotatable bonds is 5. The summed E-state index contributed by atoms with van der Waals surface area (Å²) in [5.74, 6) is -2.84. The van der Waals surface area contributed by atoms with Crippen LogP contribution in [0.4, 0.5) is 13.2 Å². The number of amides is 3. The van der Waals surface area contributed by atoms with E-state index in [9.17, 15) is 27.6 Å². The van der Waals surface area contributed by atoms with Gasteiger partial charge in [0.2, 0.25) is 11.7 Å². The van der Waals surface area contributed by atoms with Crippen molar-refractivity contribution in [3.8, 4) is 0 Å². The van der Waals surface area contributed by atoms with E-state index >= 15 is 0 Å². The molecule has 1 atom stereocenters. The number of aromatic nitrogens is 2. The molecule has 35 heavy (non-hydrogen) atoms. The highest BCUT2D eigenvalue weighted by Gasteiger charge is 2.37.